The first-order chi connectivity index (χ1) is 8.54. The lowest BCUT2D eigenvalue weighted by molar-refractivity contribution is 0.130. The van der Waals surface area contributed by atoms with Gasteiger partial charge in [0.05, 0.1) is 0 Å². The first kappa shape index (κ1) is 13.6. The normalized spacial score (nSPS) is 23.4. The number of rotatable bonds is 4. The average Bonchev–Trinajstić information content (AvgIpc) is 2.60. The van der Waals surface area contributed by atoms with Crippen molar-refractivity contribution in [2.24, 2.45) is 5.92 Å². The number of nitrogens with zero attached hydrogens (tertiary/aromatic N) is 1. The summed E-state index contributed by atoms with van der Waals surface area (Å²) in [4.78, 5) is 2.62. The lowest BCUT2D eigenvalue weighted by Crippen LogP contribution is -2.44. The Hall–Kier alpha value is -0.860. The second-order valence-corrected chi connectivity index (χ2v) is 6.10. The number of aryl methyl sites for hydroxylation is 1. The highest BCUT2D eigenvalue weighted by Gasteiger charge is 2.40. The summed E-state index contributed by atoms with van der Waals surface area (Å²) in [5.74, 6) is 0.757. The highest BCUT2D eigenvalue weighted by Crippen LogP contribution is 2.35. The Kier molecular flexibility index (Phi) is 4.08. The maximum Gasteiger partial charge on any atom is 0.0239 e. The Morgan fingerprint density at radius 3 is 2.56 bits per heavy atom. The van der Waals surface area contributed by atoms with E-state index in [1.54, 1.807) is 0 Å². The second-order valence-electron chi connectivity index (χ2n) is 6.10. The van der Waals surface area contributed by atoms with Crippen molar-refractivity contribution in [3.63, 3.8) is 0 Å². The van der Waals surface area contributed by atoms with Crippen molar-refractivity contribution in [1.29, 1.82) is 0 Å². The zero-order valence-corrected chi connectivity index (χ0v) is 12.2. The molecule has 1 unspecified atom stereocenters. The molecule has 1 fully saturated rings. The molecule has 2 heteroatoms. The minimum absolute atomic E-state index is 0.300. The van der Waals surface area contributed by atoms with E-state index in [1.807, 2.05) is 0 Å². The van der Waals surface area contributed by atoms with Crippen LogP contribution >= 0.6 is 0 Å². The molecule has 0 spiro atoms. The number of likely N-dealkylation sites (tertiary alicyclic amines) is 1. The Balaban J connectivity index is 2.04. The van der Waals surface area contributed by atoms with Crippen molar-refractivity contribution in [2.75, 3.05) is 20.1 Å². The van der Waals surface area contributed by atoms with Crippen LogP contribution in [0.25, 0.3) is 0 Å². The Morgan fingerprint density at radius 1 is 1.28 bits per heavy atom. The van der Waals surface area contributed by atoms with Crippen LogP contribution < -0.4 is 5.32 Å². The summed E-state index contributed by atoms with van der Waals surface area (Å²) in [6, 6.07) is 8.95. The van der Waals surface area contributed by atoms with Crippen LogP contribution in [-0.2, 0) is 6.54 Å². The molecule has 0 radical (unpaired) electrons. The summed E-state index contributed by atoms with van der Waals surface area (Å²) < 4.78 is 0. The van der Waals surface area contributed by atoms with Crippen molar-refractivity contribution in [1.82, 2.24) is 10.2 Å². The molecule has 1 saturated heterocycles. The third kappa shape index (κ3) is 2.76. The van der Waals surface area contributed by atoms with Crippen molar-refractivity contribution >= 4 is 0 Å². The molecule has 18 heavy (non-hydrogen) atoms. The largest absolute Gasteiger partial charge is 0.319 e. The second kappa shape index (κ2) is 5.41. The highest BCUT2D eigenvalue weighted by molar-refractivity contribution is 5.21. The number of hydrogen-bond donors (Lipinski definition) is 1. The molecule has 0 amide bonds. The quantitative estimate of drug-likeness (QED) is 0.879. The summed E-state index contributed by atoms with van der Waals surface area (Å²) in [7, 11) is 2.05. The SMILES string of the molecule is CNCC1CCN(Cc2ccc(C)cc2)C1(C)C. The molecule has 1 aromatic rings. The third-order valence-electron chi connectivity index (χ3n) is 4.51. The van der Waals surface area contributed by atoms with Gasteiger partial charge < -0.3 is 5.32 Å². The van der Waals surface area contributed by atoms with E-state index in [9.17, 15) is 0 Å². The molecule has 100 valence electrons. The number of benzene rings is 1. The molecule has 1 aliphatic heterocycles. The van der Waals surface area contributed by atoms with E-state index in [4.69, 9.17) is 0 Å². The smallest absolute Gasteiger partial charge is 0.0239 e. The van der Waals surface area contributed by atoms with E-state index in [0.29, 0.717) is 5.54 Å². The first-order valence-corrected chi connectivity index (χ1v) is 6.99. The molecule has 0 bridgehead atoms. The fourth-order valence-corrected chi connectivity index (χ4v) is 3.01. The summed E-state index contributed by atoms with van der Waals surface area (Å²) in [5, 5.41) is 3.33. The predicted octanol–water partition coefficient (Wildman–Crippen LogP) is 2.81. The maximum atomic E-state index is 3.33. The van der Waals surface area contributed by atoms with Gasteiger partial charge in [-0.25, -0.2) is 0 Å². The topological polar surface area (TPSA) is 15.3 Å². The standard InChI is InChI=1S/C16H26N2/c1-13-5-7-14(8-6-13)12-18-10-9-15(11-17-4)16(18,2)3/h5-8,15,17H,9-12H2,1-4H3. The van der Waals surface area contributed by atoms with Crippen LogP contribution in [0.15, 0.2) is 24.3 Å². The molecule has 1 atom stereocenters. The van der Waals surface area contributed by atoms with Crippen molar-refractivity contribution in [3.8, 4) is 0 Å². The molecule has 1 heterocycles. The minimum atomic E-state index is 0.300. The van der Waals surface area contributed by atoms with Gasteiger partial charge in [0.15, 0.2) is 0 Å². The number of nitrogens with one attached hydrogen (secondary N) is 1. The van der Waals surface area contributed by atoms with Crippen LogP contribution in [0.5, 0.6) is 0 Å². The summed E-state index contributed by atoms with van der Waals surface area (Å²) in [6.45, 7) is 10.3. The fraction of sp³-hybridized carbons (Fsp3) is 0.625. The Bertz CT molecular complexity index is 381. The Morgan fingerprint density at radius 2 is 1.94 bits per heavy atom. The molecule has 1 N–H and O–H groups in total. The van der Waals surface area contributed by atoms with E-state index in [0.717, 1.165) is 19.0 Å². The summed E-state index contributed by atoms with van der Waals surface area (Å²) in [5.41, 5.74) is 3.07. The van der Waals surface area contributed by atoms with Crippen LogP contribution in [0.3, 0.4) is 0 Å². The van der Waals surface area contributed by atoms with Gasteiger partial charge in [-0.3, -0.25) is 4.90 Å². The van der Waals surface area contributed by atoms with Gasteiger partial charge in [0, 0.05) is 12.1 Å². The Labute approximate surface area is 111 Å². The van der Waals surface area contributed by atoms with E-state index in [2.05, 4.69) is 62.3 Å². The minimum Gasteiger partial charge on any atom is -0.319 e. The molecular weight excluding hydrogens is 220 g/mol. The van der Waals surface area contributed by atoms with Gasteiger partial charge in [-0.15, -0.1) is 0 Å². The molecule has 0 aliphatic carbocycles. The number of hydrogen-bond acceptors (Lipinski definition) is 2. The van der Waals surface area contributed by atoms with Crippen LogP contribution in [0.1, 0.15) is 31.4 Å². The fourth-order valence-electron chi connectivity index (χ4n) is 3.01. The lowest BCUT2D eigenvalue weighted by Gasteiger charge is -2.36. The average molecular weight is 246 g/mol. The van der Waals surface area contributed by atoms with Crippen molar-refractivity contribution < 1.29 is 0 Å². The van der Waals surface area contributed by atoms with Crippen molar-refractivity contribution in [3.05, 3.63) is 35.4 Å². The van der Waals surface area contributed by atoms with Crippen LogP contribution in [0.2, 0.25) is 0 Å². The maximum absolute atomic E-state index is 3.33. The molecule has 0 saturated carbocycles. The molecule has 1 aliphatic rings. The van der Waals surface area contributed by atoms with E-state index in [1.165, 1.54) is 24.1 Å². The van der Waals surface area contributed by atoms with Crippen LogP contribution in [-0.4, -0.2) is 30.6 Å². The predicted molar refractivity (Wildman–Crippen MR) is 77.7 cm³/mol. The first-order valence-electron chi connectivity index (χ1n) is 6.99. The monoisotopic (exact) mass is 246 g/mol. The summed E-state index contributed by atoms with van der Waals surface area (Å²) in [6.07, 6.45) is 1.31. The summed E-state index contributed by atoms with van der Waals surface area (Å²) >= 11 is 0. The van der Waals surface area contributed by atoms with Gasteiger partial charge in [-0.1, -0.05) is 29.8 Å². The van der Waals surface area contributed by atoms with E-state index < -0.39 is 0 Å². The molecule has 1 aromatic carbocycles. The molecule has 2 nitrogen and oxygen atoms in total. The van der Waals surface area contributed by atoms with Gasteiger partial charge in [-0.2, -0.15) is 0 Å². The third-order valence-corrected chi connectivity index (χ3v) is 4.51. The molecular formula is C16H26N2. The van der Waals surface area contributed by atoms with Gasteiger partial charge in [0.1, 0.15) is 0 Å². The highest BCUT2D eigenvalue weighted by atomic mass is 15.2. The van der Waals surface area contributed by atoms with Crippen molar-refractivity contribution in [2.45, 2.75) is 39.3 Å². The lowest BCUT2D eigenvalue weighted by atomic mass is 9.88. The van der Waals surface area contributed by atoms with Crippen LogP contribution in [0, 0.1) is 12.8 Å². The zero-order chi connectivity index (χ0) is 13.2. The van der Waals surface area contributed by atoms with E-state index >= 15 is 0 Å². The van der Waals surface area contributed by atoms with Gasteiger partial charge in [-0.05, 0) is 58.8 Å². The van der Waals surface area contributed by atoms with Gasteiger partial charge in [0.2, 0.25) is 0 Å². The molecule has 0 aromatic heterocycles. The van der Waals surface area contributed by atoms with E-state index in [-0.39, 0.29) is 0 Å². The zero-order valence-electron chi connectivity index (χ0n) is 12.2. The van der Waals surface area contributed by atoms with Gasteiger partial charge >= 0.3 is 0 Å². The van der Waals surface area contributed by atoms with Crippen LogP contribution in [0.4, 0.5) is 0 Å². The molecule has 2 rings (SSSR count). The van der Waals surface area contributed by atoms with Gasteiger partial charge in [0.25, 0.3) is 0 Å².